The van der Waals surface area contributed by atoms with E-state index in [0.717, 1.165) is 105 Å². The maximum atomic E-state index is 11.1. The molecule has 2 atom stereocenters. The summed E-state index contributed by atoms with van der Waals surface area (Å²) in [7, 11) is 7.75. The zero-order valence-electron chi connectivity index (χ0n) is 34.5. The minimum absolute atomic E-state index is 0.105. The van der Waals surface area contributed by atoms with Crippen molar-refractivity contribution < 1.29 is 14.7 Å². The quantitative estimate of drug-likeness (QED) is 0.0584. The van der Waals surface area contributed by atoms with E-state index in [1.54, 1.807) is 19.2 Å². The number of carbonyl (C=O) groups is 2. The van der Waals surface area contributed by atoms with Gasteiger partial charge in [-0.15, -0.1) is 0 Å². The summed E-state index contributed by atoms with van der Waals surface area (Å²) in [5, 5.41) is 29.4. The van der Waals surface area contributed by atoms with Gasteiger partial charge in [0.2, 0.25) is 0 Å². The van der Waals surface area contributed by atoms with Gasteiger partial charge in [0.1, 0.15) is 24.1 Å². The number of aldehydes is 2. The van der Waals surface area contributed by atoms with Gasteiger partial charge >= 0.3 is 0 Å². The number of amidine groups is 1. The van der Waals surface area contributed by atoms with E-state index in [0.29, 0.717) is 29.8 Å². The lowest BCUT2D eigenvalue weighted by Crippen LogP contribution is -2.48. The van der Waals surface area contributed by atoms with Gasteiger partial charge in [0.25, 0.3) is 0 Å². The van der Waals surface area contributed by atoms with Gasteiger partial charge < -0.3 is 41.8 Å². The van der Waals surface area contributed by atoms with Gasteiger partial charge in [0.05, 0.1) is 64.4 Å². The molecule has 2 unspecified atom stereocenters. The number of nitriles is 1. The molecule has 1 aromatic carbocycles. The largest absolute Gasteiger partial charge is 0.513 e. The van der Waals surface area contributed by atoms with Crippen molar-refractivity contribution in [3.05, 3.63) is 83.4 Å². The van der Waals surface area contributed by atoms with Crippen molar-refractivity contribution in [2.45, 2.75) is 70.1 Å². The van der Waals surface area contributed by atoms with Crippen LogP contribution >= 0.6 is 0 Å². The summed E-state index contributed by atoms with van der Waals surface area (Å²) < 4.78 is 2.19. The molecule has 0 amide bonds. The molecule has 8 rings (SSSR count). The number of nitrogens with zero attached hydrogens (tertiary/aromatic N) is 8. The Bertz CT molecular complexity index is 1990. The van der Waals surface area contributed by atoms with Crippen LogP contribution in [0.1, 0.15) is 79.4 Å². The number of aliphatic hydroxyl groups excluding tert-OH is 1. The smallest absolute Gasteiger partial charge is 0.168 e. The molecule has 5 heterocycles. The summed E-state index contributed by atoms with van der Waals surface area (Å²) in [5.41, 5.74) is 19.2. The first kappa shape index (κ1) is 43.6. The SMILES string of the molecule is CCC1c2c(cnn2C2CN(Cc3cccc(C=O)n3)C2)-c2cccc(NC(=C/C(N)=NC)/C(N)=C\O)c2N1C.CN1CCC(C#N)C1.CNC1CC1.O=CC1CC1. The Morgan fingerprint density at radius 3 is 2.31 bits per heavy atom. The molecule has 2 aliphatic carbocycles. The zero-order valence-corrected chi connectivity index (χ0v) is 34.5. The topological polar surface area (TPSA) is 207 Å². The van der Waals surface area contributed by atoms with Gasteiger partial charge in [-0.3, -0.25) is 19.4 Å². The molecule has 3 aliphatic heterocycles. The predicted octanol–water partition coefficient (Wildman–Crippen LogP) is 4.78. The Morgan fingerprint density at radius 1 is 1.05 bits per heavy atom. The van der Waals surface area contributed by atoms with Gasteiger partial charge in [0.15, 0.2) is 6.29 Å². The van der Waals surface area contributed by atoms with E-state index in [1.807, 2.05) is 37.5 Å². The van der Waals surface area contributed by atoms with E-state index in [1.165, 1.54) is 18.5 Å². The number of pyridine rings is 1. The molecule has 15 heteroatoms. The van der Waals surface area contributed by atoms with Crippen LogP contribution in [0.2, 0.25) is 0 Å². The van der Waals surface area contributed by atoms with E-state index in [9.17, 15) is 14.7 Å². The lowest BCUT2D eigenvalue weighted by atomic mass is 9.91. The average Bonchev–Trinajstić information content (AvgIpc) is 4.17. The van der Waals surface area contributed by atoms with Crippen molar-refractivity contribution in [3.63, 3.8) is 0 Å². The number of aliphatic hydroxyl groups is 1. The molecular formula is C43H60N12O3. The summed E-state index contributed by atoms with van der Waals surface area (Å²) in [6.07, 6.45) is 13.2. The number of fused-ring (bicyclic) bond motifs is 3. The number of hydrogen-bond donors (Lipinski definition) is 5. The molecule has 7 N–H and O–H groups in total. The second-order valence-electron chi connectivity index (χ2n) is 15.5. The molecule has 310 valence electrons. The van der Waals surface area contributed by atoms with Gasteiger partial charge in [-0.1, -0.05) is 25.1 Å². The molecule has 0 bridgehead atoms. The number of aliphatic imine (C=N–C) groups is 1. The van der Waals surface area contributed by atoms with Crippen LogP contribution in [-0.2, 0) is 11.3 Å². The van der Waals surface area contributed by atoms with Crippen molar-refractivity contribution in [3.8, 4) is 17.2 Å². The number of para-hydroxylation sites is 1. The third kappa shape index (κ3) is 11.3. The molecule has 0 spiro atoms. The van der Waals surface area contributed by atoms with E-state index in [-0.39, 0.29) is 23.6 Å². The van der Waals surface area contributed by atoms with Gasteiger partial charge in [-0.25, -0.2) is 4.98 Å². The maximum Gasteiger partial charge on any atom is 0.168 e. The Kier molecular flexibility index (Phi) is 15.6. The monoisotopic (exact) mass is 792 g/mol. The second kappa shape index (κ2) is 20.7. The van der Waals surface area contributed by atoms with Crippen molar-refractivity contribution in [2.24, 2.45) is 28.3 Å². The standard InChI is InChI=1S/C29H35N9O2.C6H10N2.C4H9N.C4H6O/c1-4-26-29-22(12-33-38(29)20-14-37(15-20)13-18-7-5-8-19(16-39)34-18)21-9-6-10-24(28(21)36(26)3)35-25(23(30)17-40)11-27(31)32-2;1-8-3-2-6(4-7)5-8;1-5-4-2-3-4;5-3-4-1-2-4/h5-12,16-17,20,26,35,40H,4,13-15,30H2,1-3H3,(H2,31,32);6H,2-3,5H2,1H3;4-5H,2-3H2,1H3;3-4H,1-2H2/b23-17+,25-11+;;;. The number of anilines is 2. The van der Waals surface area contributed by atoms with E-state index < -0.39 is 0 Å². The lowest BCUT2D eigenvalue weighted by molar-refractivity contribution is -0.108. The van der Waals surface area contributed by atoms with Crippen LogP contribution in [0.15, 0.2) is 71.3 Å². The first-order valence-corrected chi connectivity index (χ1v) is 20.2. The Morgan fingerprint density at radius 2 is 1.79 bits per heavy atom. The highest BCUT2D eigenvalue weighted by molar-refractivity contribution is 5.95. The van der Waals surface area contributed by atoms with Crippen LogP contribution in [0.25, 0.3) is 11.1 Å². The number of carbonyl (C=O) groups excluding carboxylic acids is 2. The number of nitrogens with one attached hydrogen (secondary N) is 2. The molecule has 0 radical (unpaired) electrons. The molecule has 15 nitrogen and oxygen atoms in total. The molecule has 4 fully saturated rings. The number of hydrogen-bond acceptors (Lipinski definition) is 13. The van der Waals surface area contributed by atoms with Crippen molar-refractivity contribution in [2.75, 3.05) is 64.6 Å². The molecule has 2 saturated heterocycles. The normalized spacial score (nSPS) is 20.7. The number of likely N-dealkylation sites (tertiary alicyclic amines) is 2. The summed E-state index contributed by atoms with van der Waals surface area (Å²) in [5.74, 6) is 1.04. The lowest BCUT2D eigenvalue weighted by Gasteiger charge is -2.43. The van der Waals surface area contributed by atoms with E-state index in [4.69, 9.17) is 21.8 Å². The molecule has 58 heavy (non-hydrogen) atoms. The molecular weight excluding hydrogens is 733 g/mol. The number of benzene rings is 1. The van der Waals surface area contributed by atoms with Gasteiger partial charge in [-0.05, 0) is 77.4 Å². The molecule has 2 aromatic heterocycles. The highest BCUT2D eigenvalue weighted by Crippen LogP contribution is 2.49. The summed E-state index contributed by atoms with van der Waals surface area (Å²) >= 11 is 0. The summed E-state index contributed by atoms with van der Waals surface area (Å²) in [6, 6.07) is 15.1. The predicted molar refractivity (Wildman–Crippen MR) is 229 cm³/mol. The van der Waals surface area contributed by atoms with Crippen molar-refractivity contribution in [1.29, 1.82) is 5.26 Å². The molecule has 5 aliphatic rings. The fourth-order valence-corrected chi connectivity index (χ4v) is 7.22. The Balaban J connectivity index is 0.000000289. The van der Waals surface area contributed by atoms with Crippen LogP contribution in [0.4, 0.5) is 11.4 Å². The second-order valence-corrected chi connectivity index (χ2v) is 15.5. The Hall–Kier alpha value is -5.56. The zero-order chi connectivity index (χ0) is 41.8. The first-order valence-electron chi connectivity index (χ1n) is 20.2. The summed E-state index contributed by atoms with van der Waals surface area (Å²) in [6.45, 7) is 6.66. The van der Waals surface area contributed by atoms with Crippen LogP contribution in [-0.4, -0.2) is 108 Å². The van der Waals surface area contributed by atoms with E-state index in [2.05, 4.69) is 73.1 Å². The van der Waals surface area contributed by atoms with Crippen LogP contribution in [0, 0.1) is 23.2 Å². The fourth-order valence-electron chi connectivity index (χ4n) is 7.22. The minimum atomic E-state index is 0.105. The van der Waals surface area contributed by atoms with Crippen LogP contribution in [0.3, 0.4) is 0 Å². The fraction of sp³-hybridized carbons (Fsp3) is 0.488. The average molecular weight is 793 g/mol. The highest BCUT2D eigenvalue weighted by Gasteiger charge is 2.38. The van der Waals surface area contributed by atoms with Gasteiger partial charge in [0, 0.05) is 69.4 Å². The molecule has 2 saturated carbocycles. The minimum Gasteiger partial charge on any atom is -0.513 e. The third-order valence-corrected chi connectivity index (χ3v) is 10.9. The van der Waals surface area contributed by atoms with Crippen LogP contribution in [0.5, 0.6) is 0 Å². The molecule has 3 aromatic rings. The first-order chi connectivity index (χ1) is 28.1. The van der Waals surface area contributed by atoms with Crippen molar-refractivity contribution in [1.82, 2.24) is 29.9 Å². The third-order valence-electron chi connectivity index (χ3n) is 10.9. The highest BCUT2D eigenvalue weighted by atomic mass is 16.2. The van der Waals surface area contributed by atoms with Gasteiger partial charge in [-0.2, -0.15) is 10.4 Å². The summed E-state index contributed by atoms with van der Waals surface area (Å²) in [4.78, 5) is 35.8. The van der Waals surface area contributed by atoms with Crippen molar-refractivity contribution >= 4 is 29.8 Å². The number of nitrogens with two attached hydrogens (primary N) is 2. The maximum absolute atomic E-state index is 11.1. The Labute approximate surface area is 342 Å². The number of aromatic nitrogens is 3. The number of rotatable bonds is 11. The van der Waals surface area contributed by atoms with Crippen LogP contribution < -0.4 is 27.0 Å². The van der Waals surface area contributed by atoms with E-state index >= 15 is 0 Å².